The molecule has 0 amide bonds. The fraction of sp³-hybridized carbons (Fsp3) is 0.292. The molecular formula is C24H26N2. The van der Waals surface area contributed by atoms with E-state index in [4.69, 9.17) is 4.98 Å². The van der Waals surface area contributed by atoms with Crippen LogP contribution in [0.25, 0.3) is 22.0 Å². The fourth-order valence-electron chi connectivity index (χ4n) is 4.30. The Bertz CT molecular complexity index is 915. The molecule has 2 heterocycles. The summed E-state index contributed by atoms with van der Waals surface area (Å²) in [6.45, 7) is 9.46. The number of benzene rings is 2. The molecule has 0 saturated carbocycles. The minimum Gasteiger partial charge on any atom is -0.300 e. The molecule has 132 valence electrons. The summed E-state index contributed by atoms with van der Waals surface area (Å²) in [5.41, 5.74) is 5.26. The maximum absolute atomic E-state index is 4.74. The molecule has 4 rings (SSSR count). The van der Waals surface area contributed by atoms with Crippen LogP contribution >= 0.6 is 0 Å². The molecule has 1 aliphatic heterocycles. The number of nitrogens with zero attached hydrogens (tertiary/aromatic N) is 2. The van der Waals surface area contributed by atoms with Crippen molar-refractivity contribution < 1.29 is 0 Å². The predicted octanol–water partition coefficient (Wildman–Crippen LogP) is 5.58. The summed E-state index contributed by atoms with van der Waals surface area (Å²) < 4.78 is 0. The van der Waals surface area contributed by atoms with Gasteiger partial charge in [-0.1, -0.05) is 48.5 Å². The van der Waals surface area contributed by atoms with Crippen molar-refractivity contribution in [2.24, 2.45) is 0 Å². The molecule has 3 aromatic rings. The second kappa shape index (κ2) is 7.43. The highest BCUT2D eigenvalue weighted by Gasteiger charge is 2.22. The first kappa shape index (κ1) is 17.0. The van der Waals surface area contributed by atoms with Crippen LogP contribution < -0.4 is 0 Å². The third-order valence-electron chi connectivity index (χ3n) is 5.72. The van der Waals surface area contributed by atoms with Gasteiger partial charge in [0, 0.05) is 23.7 Å². The van der Waals surface area contributed by atoms with E-state index in [0.717, 1.165) is 25.3 Å². The molecule has 1 fully saturated rings. The minimum absolute atomic E-state index is 0.644. The smallest absolute Gasteiger partial charge is 0.0783 e. The molecule has 0 N–H and O–H groups in total. The Hall–Kier alpha value is -2.45. The molecule has 1 aliphatic rings. The number of hydrogen-bond donors (Lipinski definition) is 0. The van der Waals surface area contributed by atoms with E-state index in [-0.39, 0.29) is 0 Å². The zero-order valence-corrected chi connectivity index (χ0v) is 15.5. The van der Waals surface area contributed by atoms with Crippen LogP contribution in [-0.2, 0) is 0 Å². The summed E-state index contributed by atoms with van der Waals surface area (Å²) in [6.07, 6.45) is 6.39. The summed E-state index contributed by atoms with van der Waals surface area (Å²) >= 11 is 0. The highest BCUT2D eigenvalue weighted by molar-refractivity contribution is 5.95. The van der Waals surface area contributed by atoms with E-state index < -0.39 is 0 Å². The first-order chi connectivity index (χ1) is 12.8. The average Bonchev–Trinajstić information content (AvgIpc) is 2.69. The van der Waals surface area contributed by atoms with Crippen molar-refractivity contribution in [2.75, 3.05) is 19.6 Å². The van der Waals surface area contributed by atoms with Gasteiger partial charge in [-0.05, 0) is 61.4 Å². The largest absolute Gasteiger partial charge is 0.300 e. The predicted molar refractivity (Wildman–Crippen MR) is 111 cm³/mol. The Morgan fingerprint density at radius 3 is 2.69 bits per heavy atom. The van der Waals surface area contributed by atoms with Gasteiger partial charge in [0.25, 0.3) is 0 Å². The number of piperidine rings is 1. The van der Waals surface area contributed by atoms with Crippen LogP contribution in [0.1, 0.15) is 29.9 Å². The Morgan fingerprint density at radius 2 is 1.88 bits per heavy atom. The first-order valence-corrected chi connectivity index (χ1v) is 9.55. The van der Waals surface area contributed by atoms with Gasteiger partial charge in [-0.15, -0.1) is 6.58 Å². The van der Waals surface area contributed by atoms with Crippen molar-refractivity contribution in [3.63, 3.8) is 0 Å². The third kappa shape index (κ3) is 3.17. The number of aromatic nitrogens is 1. The molecule has 26 heavy (non-hydrogen) atoms. The van der Waals surface area contributed by atoms with Crippen molar-refractivity contribution in [3.8, 4) is 11.3 Å². The fourth-order valence-corrected chi connectivity index (χ4v) is 4.30. The zero-order chi connectivity index (χ0) is 17.9. The number of likely N-dealkylation sites (tertiary alicyclic amines) is 1. The summed E-state index contributed by atoms with van der Waals surface area (Å²) in [6, 6.07) is 17.4. The summed E-state index contributed by atoms with van der Waals surface area (Å²) in [5.74, 6) is 0.644. The van der Waals surface area contributed by atoms with Gasteiger partial charge in [-0.25, -0.2) is 0 Å². The van der Waals surface area contributed by atoms with Crippen molar-refractivity contribution in [2.45, 2.75) is 25.7 Å². The SMILES string of the molecule is C=CCN1CCC(c2cccc(-c3nccc4ccccc34)c2C)CC1. The van der Waals surface area contributed by atoms with E-state index >= 15 is 0 Å². The van der Waals surface area contributed by atoms with Gasteiger partial charge in [0.05, 0.1) is 5.69 Å². The second-order valence-corrected chi connectivity index (χ2v) is 7.26. The molecule has 2 heteroatoms. The van der Waals surface area contributed by atoms with E-state index in [2.05, 4.69) is 66.9 Å². The molecule has 0 atom stereocenters. The topological polar surface area (TPSA) is 16.1 Å². The monoisotopic (exact) mass is 342 g/mol. The van der Waals surface area contributed by atoms with Crippen LogP contribution in [0.4, 0.5) is 0 Å². The Kier molecular flexibility index (Phi) is 4.85. The maximum atomic E-state index is 4.74. The first-order valence-electron chi connectivity index (χ1n) is 9.55. The second-order valence-electron chi connectivity index (χ2n) is 7.26. The Morgan fingerprint density at radius 1 is 1.08 bits per heavy atom. The lowest BCUT2D eigenvalue weighted by molar-refractivity contribution is 0.232. The summed E-state index contributed by atoms with van der Waals surface area (Å²) in [7, 11) is 0. The van der Waals surface area contributed by atoms with Crippen LogP contribution in [-0.4, -0.2) is 29.5 Å². The number of hydrogen-bond acceptors (Lipinski definition) is 2. The van der Waals surface area contributed by atoms with E-state index in [0.29, 0.717) is 5.92 Å². The lowest BCUT2D eigenvalue weighted by Crippen LogP contribution is -2.33. The average molecular weight is 342 g/mol. The van der Waals surface area contributed by atoms with E-state index in [1.54, 1.807) is 0 Å². The number of pyridine rings is 1. The minimum atomic E-state index is 0.644. The van der Waals surface area contributed by atoms with Crippen LogP contribution in [0.15, 0.2) is 67.4 Å². The molecule has 1 saturated heterocycles. The van der Waals surface area contributed by atoms with E-state index in [1.807, 2.05) is 12.3 Å². The van der Waals surface area contributed by atoms with Crippen molar-refractivity contribution >= 4 is 10.8 Å². The van der Waals surface area contributed by atoms with Gasteiger partial charge >= 0.3 is 0 Å². The molecular weight excluding hydrogens is 316 g/mol. The van der Waals surface area contributed by atoms with Crippen LogP contribution in [0.3, 0.4) is 0 Å². The van der Waals surface area contributed by atoms with E-state index in [1.165, 1.54) is 40.3 Å². The van der Waals surface area contributed by atoms with Crippen molar-refractivity contribution in [3.05, 3.63) is 78.5 Å². The van der Waals surface area contributed by atoms with Gasteiger partial charge < -0.3 is 0 Å². The lowest BCUT2D eigenvalue weighted by Gasteiger charge is -2.32. The molecule has 0 aliphatic carbocycles. The maximum Gasteiger partial charge on any atom is 0.0783 e. The standard InChI is InChI=1S/C24H26N2/c1-3-15-26-16-12-20(13-17-26)21-9-6-10-22(18(21)2)24-23-8-5-4-7-19(23)11-14-25-24/h3-11,14,20H,1,12-13,15-17H2,2H3. The highest BCUT2D eigenvalue weighted by atomic mass is 15.1. The normalized spacial score (nSPS) is 16.0. The molecule has 0 radical (unpaired) electrons. The van der Waals surface area contributed by atoms with Gasteiger partial charge in [-0.2, -0.15) is 0 Å². The third-order valence-corrected chi connectivity index (χ3v) is 5.72. The van der Waals surface area contributed by atoms with Crippen LogP contribution in [0, 0.1) is 6.92 Å². The lowest BCUT2D eigenvalue weighted by atomic mass is 9.84. The molecule has 2 aromatic carbocycles. The Balaban J connectivity index is 1.69. The zero-order valence-electron chi connectivity index (χ0n) is 15.5. The Labute approximate surface area is 156 Å². The van der Waals surface area contributed by atoms with Crippen LogP contribution in [0.2, 0.25) is 0 Å². The van der Waals surface area contributed by atoms with E-state index in [9.17, 15) is 0 Å². The quantitative estimate of drug-likeness (QED) is 0.576. The molecule has 1 aromatic heterocycles. The molecule has 0 bridgehead atoms. The molecule has 0 spiro atoms. The van der Waals surface area contributed by atoms with Crippen molar-refractivity contribution in [1.29, 1.82) is 0 Å². The number of fused-ring (bicyclic) bond motifs is 1. The molecule has 0 unspecified atom stereocenters. The van der Waals surface area contributed by atoms with Crippen LogP contribution in [0.5, 0.6) is 0 Å². The van der Waals surface area contributed by atoms with Gasteiger partial charge in [0.2, 0.25) is 0 Å². The van der Waals surface area contributed by atoms with Gasteiger partial charge in [0.15, 0.2) is 0 Å². The number of rotatable bonds is 4. The summed E-state index contributed by atoms with van der Waals surface area (Å²) in [5, 5.41) is 2.48. The highest BCUT2D eigenvalue weighted by Crippen LogP contribution is 2.36. The van der Waals surface area contributed by atoms with Gasteiger partial charge in [0.1, 0.15) is 0 Å². The van der Waals surface area contributed by atoms with Crippen molar-refractivity contribution in [1.82, 2.24) is 9.88 Å². The van der Waals surface area contributed by atoms with Gasteiger partial charge in [-0.3, -0.25) is 9.88 Å². The summed E-state index contributed by atoms with van der Waals surface area (Å²) in [4.78, 5) is 7.24. The molecule has 2 nitrogen and oxygen atoms in total.